The van der Waals surface area contributed by atoms with E-state index in [1.807, 2.05) is 18.2 Å². The number of esters is 2. The van der Waals surface area contributed by atoms with Gasteiger partial charge in [0.1, 0.15) is 43.2 Å². The maximum Gasteiger partial charge on any atom is 0.472 e. The van der Waals surface area contributed by atoms with Gasteiger partial charge in [-0.1, -0.05) is 140 Å². The van der Waals surface area contributed by atoms with Crippen molar-refractivity contribution in [2.24, 2.45) is 0 Å². The molecule has 0 aromatic heterocycles. The van der Waals surface area contributed by atoms with E-state index >= 15 is 0 Å². The van der Waals surface area contributed by atoms with E-state index in [4.69, 9.17) is 18.5 Å². The first-order valence-electron chi connectivity index (χ1n) is 22.5. The summed E-state index contributed by atoms with van der Waals surface area (Å²) in [6, 6.07) is 0. The maximum absolute atomic E-state index is 12.8. The van der Waals surface area contributed by atoms with Gasteiger partial charge in [0.2, 0.25) is 0 Å². The molecule has 9 atom stereocenters. The molecule has 0 saturated heterocycles. The lowest BCUT2D eigenvalue weighted by Gasteiger charge is -2.41. The average Bonchev–Trinajstić information content (AvgIpc) is 3.22. The number of allylic oxidation sites excluding steroid dienone is 7. The first-order valence-corrected chi connectivity index (χ1v) is 24.0. The number of hydrogen-bond acceptors (Lipinski definition) is 13. The Balaban J connectivity index is 2.51. The van der Waals surface area contributed by atoms with Crippen LogP contribution in [0.15, 0.2) is 48.6 Å². The molecule has 0 heterocycles. The largest absolute Gasteiger partial charge is 0.472 e. The number of aliphatic hydroxyl groups is 6. The van der Waals surface area contributed by atoms with Crippen molar-refractivity contribution in [3.8, 4) is 0 Å². The molecule has 0 bridgehead atoms. The number of ether oxygens (including phenoxy) is 2. The fourth-order valence-electron chi connectivity index (χ4n) is 6.58. The van der Waals surface area contributed by atoms with Gasteiger partial charge in [-0.3, -0.25) is 18.6 Å². The molecule has 0 aromatic carbocycles. The van der Waals surface area contributed by atoms with Crippen molar-refractivity contribution in [1.29, 1.82) is 0 Å². The minimum absolute atomic E-state index is 0.0701. The summed E-state index contributed by atoms with van der Waals surface area (Å²) in [5.74, 6) is -1.18. The van der Waals surface area contributed by atoms with Crippen molar-refractivity contribution in [3.63, 3.8) is 0 Å². The van der Waals surface area contributed by atoms with Crippen LogP contribution < -0.4 is 0 Å². The highest BCUT2D eigenvalue weighted by atomic mass is 31.2. The van der Waals surface area contributed by atoms with E-state index in [0.717, 1.165) is 89.9 Å². The van der Waals surface area contributed by atoms with E-state index in [0.29, 0.717) is 19.3 Å². The van der Waals surface area contributed by atoms with Gasteiger partial charge in [0.05, 0.1) is 12.7 Å². The molecular weight excluding hydrogens is 795 g/mol. The van der Waals surface area contributed by atoms with Crippen molar-refractivity contribution in [3.05, 3.63) is 48.6 Å². The second-order valence-electron chi connectivity index (χ2n) is 15.7. The first-order chi connectivity index (χ1) is 28.8. The van der Waals surface area contributed by atoms with E-state index in [9.17, 15) is 49.7 Å². The van der Waals surface area contributed by atoms with Gasteiger partial charge >= 0.3 is 19.8 Å². The quantitative estimate of drug-likeness (QED) is 0.0107. The molecule has 0 aromatic rings. The lowest BCUT2D eigenvalue weighted by atomic mass is 9.85. The van der Waals surface area contributed by atoms with E-state index < -0.39 is 81.8 Å². The zero-order valence-corrected chi connectivity index (χ0v) is 37.2. The van der Waals surface area contributed by atoms with E-state index in [2.05, 4.69) is 38.2 Å². The van der Waals surface area contributed by atoms with Gasteiger partial charge in [0.25, 0.3) is 0 Å². The fourth-order valence-corrected chi connectivity index (χ4v) is 7.56. The predicted molar refractivity (Wildman–Crippen MR) is 232 cm³/mol. The minimum Gasteiger partial charge on any atom is -0.462 e. The summed E-state index contributed by atoms with van der Waals surface area (Å²) in [5.41, 5.74) is 0. The molecule has 0 aliphatic heterocycles. The number of hydrogen-bond donors (Lipinski definition) is 7. The normalized spacial score (nSPS) is 23.1. The van der Waals surface area contributed by atoms with Gasteiger partial charge in [-0.05, 0) is 57.8 Å². The standard InChI is InChI=1S/C45H79O14P/c1-3-5-7-9-11-12-13-14-15-16-17-18-20-24-29-33-39(48)58-37(35-57-60(54,55)59-45-43(52)41(50)40(49)42(51)44(45)53)34-56-38(47)32-28-25-21-23-27-31-36(46)30-26-22-19-10-8-6-4-2/h6,8,12-13,19,22,26,30,36-37,40-46,49-53H,3-5,7,9-11,14-18,20-21,23-25,27-29,31-35H2,1-2H3,(H,54,55)/b8-6+,13-12-,22-19+,30-26+/t36?,37-,40?,41-,42+,43-,44-,45?/m1/s1. The number of carbonyl (C=O) groups excluding carboxylic acids is 2. The highest BCUT2D eigenvalue weighted by molar-refractivity contribution is 7.47. The van der Waals surface area contributed by atoms with E-state index in [1.165, 1.54) is 25.7 Å². The molecule has 1 fully saturated rings. The Hall–Kier alpha value is -2.23. The topological polar surface area (TPSA) is 230 Å². The van der Waals surface area contributed by atoms with Crippen LogP contribution in [0, 0.1) is 0 Å². The van der Waals surface area contributed by atoms with Crippen LogP contribution in [0.4, 0.5) is 0 Å². The molecular formula is C45H79O14P. The fraction of sp³-hybridized carbons (Fsp3) is 0.778. The maximum atomic E-state index is 12.8. The van der Waals surface area contributed by atoms with Crippen molar-refractivity contribution >= 4 is 19.8 Å². The number of phosphoric ester groups is 1. The summed E-state index contributed by atoms with van der Waals surface area (Å²) >= 11 is 0. The SMILES string of the molecule is CC/C=C/C/C=C/C=C/C(O)CCCCCCCC(=O)OC[C@H](COP(=O)(O)OC1[C@H](O)[C@H](O)C(O)[C@H](O)[C@H]1O)OC(=O)CCCCCCCCC/C=C\CCCCCC. The third-order valence-corrected chi connectivity index (χ3v) is 11.2. The van der Waals surface area contributed by atoms with Crippen molar-refractivity contribution in [2.75, 3.05) is 13.2 Å². The molecule has 15 heteroatoms. The smallest absolute Gasteiger partial charge is 0.462 e. The van der Waals surface area contributed by atoms with Crippen LogP contribution in [-0.4, -0.2) is 110 Å². The van der Waals surface area contributed by atoms with Crippen LogP contribution in [-0.2, 0) is 32.7 Å². The van der Waals surface area contributed by atoms with Gasteiger partial charge < -0.3 is 45.0 Å². The summed E-state index contributed by atoms with van der Waals surface area (Å²) in [7, 11) is -5.14. The second-order valence-corrected chi connectivity index (χ2v) is 17.1. The minimum atomic E-state index is -5.14. The molecule has 60 heavy (non-hydrogen) atoms. The van der Waals surface area contributed by atoms with Crippen LogP contribution in [0.2, 0.25) is 0 Å². The molecule has 7 N–H and O–H groups in total. The molecule has 348 valence electrons. The van der Waals surface area contributed by atoms with Crippen molar-refractivity contribution < 1.29 is 68.2 Å². The number of carbonyl (C=O) groups is 2. The van der Waals surface area contributed by atoms with Crippen LogP contribution in [0.3, 0.4) is 0 Å². The second kappa shape index (κ2) is 35.3. The lowest BCUT2D eigenvalue weighted by molar-refractivity contribution is -0.220. The van der Waals surface area contributed by atoms with Gasteiger partial charge in [0, 0.05) is 12.8 Å². The van der Waals surface area contributed by atoms with Gasteiger partial charge in [0.15, 0.2) is 6.10 Å². The van der Waals surface area contributed by atoms with Gasteiger partial charge in [-0.15, -0.1) is 0 Å². The van der Waals surface area contributed by atoms with Gasteiger partial charge in [-0.2, -0.15) is 0 Å². The lowest BCUT2D eigenvalue weighted by Crippen LogP contribution is -2.64. The predicted octanol–water partition coefficient (Wildman–Crippen LogP) is 7.36. The molecule has 0 amide bonds. The van der Waals surface area contributed by atoms with Crippen LogP contribution >= 0.6 is 7.82 Å². The summed E-state index contributed by atoms with van der Waals surface area (Å²) in [6.07, 6.45) is 23.2. The van der Waals surface area contributed by atoms with E-state index in [1.54, 1.807) is 6.08 Å². The van der Waals surface area contributed by atoms with E-state index in [-0.39, 0.29) is 12.8 Å². The summed E-state index contributed by atoms with van der Waals surface area (Å²) < 4.78 is 33.4. The number of unbranched alkanes of at least 4 members (excludes halogenated alkanes) is 15. The summed E-state index contributed by atoms with van der Waals surface area (Å²) in [4.78, 5) is 35.7. The summed E-state index contributed by atoms with van der Waals surface area (Å²) in [5, 5.41) is 60.2. The zero-order valence-electron chi connectivity index (χ0n) is 36.4. The number of phosphoric acid groups is 1. The van der Waals surface area contributed by atoms with Crippen LogP contribution in [0.5, 0.6) is 0 Å². The highest BCUT2D eigenvalue weighted by Crippen LogP contribution is 2.47. The summed E-state index contributed by atoms with van der Waals surface area (Å²) in [6.45, 7) is 3.06. The molecule has 0 radical (unpaired) electrons. The Bertz CT molecular complexity index is 1260. The molecule has 1 rings (SSSR count). The Morgan fingerprint density at radius 2 is 1.15 bits per heavy atom. The molecule has 1 aliphatic carbocycles. The van der Waals surface area contributed by atoms with Gasteiger partial charge in [-0.25, -0.2) is 4.57 Å². The zero-order chi connectivity index (χ0) is 44.4. The molecule has 4 unspecified atom stereocenters. The Morgan fingerprint density at radius 1 is 0.617 bits per heavy atom. The van der Waals surface area contributed by atoms with Crippen molar-refractivity contribution in [1.82, 2.24) is 0 Å². The third-order valence-electron chi connectivity index (χ3n) is 10.3. The Labute approximate surface area is 359 Å². The van der Waals surface area contributed by atoms with Crippen LogP contribution in [0.1, 0.15) is 162 Å². The number of aliphatic hydroxyl groups excluding tert-OH is 6. The number of rotatable bonds is 36. The van der Waals surface area contributed by atoms with Crippen LogP contribution in [0.25, 0.3) is 0 Å². The molecule has 1 aliphatic rings. The molecule has 1 saturated carbocycles. The third kappa shape index (κ3) is 27.7. The average molecular weight is 875 g/mol. The Morgan fingerprint density at radius 3 is 1.75 bits per heavy atom. The first kappa shape index (κ1) is 55.8. The van der Waals surface area contributed by atoms with Crippen molar-refractivity contribution in [2.45, 2.75) is 210 Å². The monoisotopic (exact) mass is 875 g/mol. The molecule has 0 spiro atoms. The Kier molecular flexibility index (Phi) is 32.8. The highest BCUT2D eigenvalue weighted by Gasteiger charge is 2.51. The molecule has 14 nitrogen and oxygen atoms in total.